The highest BCUT2D eigenvalue weighted by atomic mass is 32.2. The number of pyridine rings is 1. The van der Waals surface area contributed by atoms with E-state index >= 15 is 4.39 Å². The summed E-state index contributed by atoms with van der Waals surface area (Å²) in [6.07, 6.45) is 7.11. The van der Waals surface area contributed by atoms with E-state index in [1.165, 1.54) is 37.1 Å². The number of hydrogen-bond donors (Lipinski definition) is 2. The second kappa shape index (κ2) is 9.06. The number of fused-ring (bicyclic) bond motifs is 2. The van der Waals surface area contributed by atoms with Gasteiger partial charge in [0.1, 0.15) is 33.4 Å². The Morgan fingerprint density at radius 2 is 1.76 bits per heavy atom. The molecule has 0 aliphatic carbocycles. The summed E-state index contributed by atoms with van der Waals surface area (Å²) >= 11 is 0. The van der Waals surface area contributed by atoms with Crippen molar-refractivity contribution in [3.63, 3.8) is 0 Å². The van der Waals surface area contributed by atoms with Crippen LogP contribution in [0, 0.1) is 11.6 Å². The molecule has 0 amide bonds. The molecular formula is C26H19F2N7O2S. The Bertz CT molecular complexity index is 1940. The molecule has 190 valence electrons. The Morgan fingerprint density at radius 1 is 0.947 bits per heavy atom. The van der Waals surface area contributed by atoms with E-state index in [-0.39, 0.29) is 28.9 Å². The fraction of sp³-hybridized carbons (Fsp3) is 0.115. The number of imidazole rings is 1. The lowest BCUT2D eigenvalue weighted by atomic mass is 10.0. The van der Waals surface area contributed by atoms with Gasteiger partial charge < -0.3 is 4.98 Å². The quantitative estimate of drug-likeness (QED) is 0.324. The number of halogens is 2. The average Bonchev–Trinajstić information content (AvgIpc) is 3.52. The number of hydrogen-bond acceptors (Lipinski definition) is 7. The first-order valence-corrected chi connectivity index (χ1v) is 13.6. The van der Waals surface area contributed by atoms with Gasteiger partial charge in [-0.05, 0) is 35.7 Å². The second-order valence-corrected chi connectivity index (χ2v) is 11.2. The maximum absolute atomic E-state index is 15.7. The predicted molar refractivity (Wildman–Crippen MR) is 139 cm³/mol. The summed E-state index contributed by atoms with van der Waals surface area (Å²) in [5.41, 5.74) is 4.06. The van der Waals surface area contributed by atoms with Crippen LogP contribution in [0.5, 0.6) is 0 Å². The minimum absolute atomic E-state index is 0.0823. The number of rotatable bonds is 6. The van der Waals surface area contributed by atoms with Gasteiger partial charge in [0.05, 0.1) is 33.9 Å². The zero-order valence-electron chi connectivity index (χ0n) is 19.9. The molecule has 6 rings (SSSR count). The number of sulfone groups is 1. The van der Waals surface area contributed by atoms with Gasteiger partial charge in [-0.25, -0.2) is 32.2 Å². The van der Waals surface area contributed by atoms with Gasteiger partial charge in [-0.2, -0.15) is 5.10 Å². The Morgan fingerprint density at radius 3 is 2.55 bits per heavy atom. The van der Waals surface area contributed by atoms with Crippen LogP contribution in [-0.2, 0) is 16.3 Å². The summed E-state index contributed by atoms with van der Waals surface area (Å²) < 4.78 is 53.4. The molecule has 9 nitrogen and oxygen atoms in total. The summed E-state index contributed by atoms with van der Waals surface area (Å²) in [4.78, 5) is 20.0. The Kier molecular flexibility index (Phi) is 5.68. The van der Waals surface area contributed by atoms with E-state index in [0.29, 0.717) is 44.6 Å². The van der Waals surface area contributed by atoms with Crippen molar-refractivity contribution in [2.24, 2.45) is 0 Å². The number of nitrogens with one attached hydrogen (secondary N) is 2. The Balaban J connectivity index is 1.46. The first-order chi connectivity index (χ1) is 18.3. The predicted octanol–water partition coefficient (Wildman–Crippen LogP) is 4.49. The molecule has 0 aliphatic heterocycles. The number of nitrogens with zero attached hydrogens (tertiary/aromatic N) is 5. The molecule has 0 spiro atoms. The van der Waals surface area contributed by atoms with Crippen molar-refractivity contribution in [1.82, 2.24) is 35.1 Å². The molecule has 0 bridgehead atoms. The number of aromatic amines is 2. The number of benzene rings is 2. The molecule has 0 aliphatic rings. The normalized spacial score (nSPS) is 12.0. The molecular weight excluding hydrogens is 512 g/mol. The fourth-order valence-corrected chi connectivity index (χ4v) is 5.01. The maximum atomic E-state index is 15.7. The van der Waals surface area contributed by atoms with Gasteiger partial charge in [0, 0.05) is 29.8 Å². The standard InChI is InChI=1S/C26H19F2N7O2S/c1-38(36,37)6-5-14-7-15(9-17(27)8-14)18-3-2-4-19-24(18)33-26(32-19)25-21-20(34-35-25)12-31-23(22(21)28)16-10-29-13-30-11-16/h2-4,7-13H,5-6H2,1H3,(H,32,33)(H,34,35). The van der Waals surface area contributed by atoms with Crippen molar-refractivity contribution >= 4 is 31.8 Å². The molecule has 2 N–H and O–H groups in total. The van der Waals surface area contributed by atoms with Gasteiger partial charge in [-0.15, -0.1) is 0 Å². The lowest BCUT2D eigenvalue weighted by molar-refractivity contribution is 0.600. The van der Waals surface area contributed by atoms with Crippen LogP contribution < -0.4 is 0 Å². The summed E-state index contributed by atoms with van der Waals surface area (Å²) in [6.45, 7) is 0. The third-order valence-electron chi connectivity index (χ3n) is 6.15. The van der Waals surface area contributed by atoms with Crippen molar-refractivity contribution in [1.29, 1.82) is 0 Å². The highest BCUT2D eigenvalue weighted by Crippen LogP contribution is 2.34. The lowest BCUT2D eigenvalue weighted by Gasteiger charge is -2.07. The number of para-hydroxylation sites is 1. The van der Waals surface area contributed by atoms with E-state index in [9.17, 15) is 12.8 Å². The summed E-state index contributed by atoms with van der Waals surface area (Å²) in [6, 6.07) is 9.84. The molecule has 6 aromatic rings. The fourth-order valence-electron chi connectivity index (χ4n) is 4.40. The van der Waals surface area contributed by atoms with Crippen molar-refractivity contribution in [3.8, 4) is 33.9 Å². The molecule has 4 heterocycles. The Hall–Kier alpha value is -4.58. The van der Waals surface area contributed by atoms with E-state index in [1.54, 1.807) is 24.3 Å². The van der Waals surface area contributed by atoms with Crippen LogP contribution in [0.1, 0.15) is 5.56 Å². The number of aromatic nitrogens is 7. The minimum atomic E-state index is -3.20. The minimum Gasteiger partial charge on any atom is -0.337 e. The smallest absolute Gasteiger partial charge is 0.161 e. The van der Waals surface area contributed by atoms with Gasteiger partial charge in [0.15, 0.2) is 11.6 Å². The zero-order chi connectivity index (χ0) is 26.4. The monoisotopic (exact) mass is 531 g/mol. The SMILES string of the molecule is CS(=O)(=O)CCc1cc(F)cc(-c2cccc3[nH]c(-c4n[nH]c5cnc(-c6cncnc6)c(F)c45)nc23)c1. The topological polar surface area (TPSA) is 130 Å². The molecule has 0 fully saturated rings. The largest absolute Gasteiger partial charge is 0.337 e. The Labute approximate surface area is 215 Å². The van der Waals surface area contributed by atoms with Crippen LogP contribution in [0.2, 0.25) is 0 Å². The van der Waals surface area contributed by atoms with Crippen molar-refractivity contribution < 1.29 is 17.2 Å². The molecule has 12 heteroatoms. The second-order valence-electron chi connectivity index (χ2n) is 8.92. The highest BCUT2D eigenvalue weighted by Gasteiger charge is 2.21. The summed E-state index contributed by atoms with van der Waals surface area (Å²) in [5, 5.41) is 7.29. The molecule has 0 saturated carbocycles. The van der Waals surface area contributed by atoms with E-state index in [1.807, 2.05) is 0 Å². The van der Waals surface area contributed by atoms with Crippen LogP contribution in [-0.4, -0.2) is 55.5 Å². The maximum Gasteiger partial charge on any atom is 0.161 e. The molecule has 0 radical (unpaired) electrons. The van der Waals surface area contributed by atoms with Crippen molar-refractivity contribution in [3.05, 3.63) is 78.5 Å². The van der Waals surface area contributed by atoms with E-state index in [2.05, 4.69) is 30.1 Å². The van der Waals surface area contributed by atoms with E-state index < -0.39 is 21.5 Å². The molecule has 0 atom stereocenters. The van der Waals surface area contributed by atoms with Crippen LogP contribution in [0.3, 0.4) is 0 Å². The van der Waals surface area contributed by atoms with Crippen LogP contribution in [0.4, 0.5) is 8.78 Å². The van der Waals surface area contributed by atoms with Gasteiger partial charge >= 0.3 is 0 Å². The third kappa shape index (κ3) is 4.39. The molecule has 4 aromatic heterocycles. The van der Waals surface area contributed by atoms with Gasteiger partial charge in [0.2, 0.25) is 0 Å². The molecule has 0 saturated heterocycles. The first-order valence-electron chi connectivity index (χ1n) is 11.5. The van der Waals surface area contributed by atoms with Crippen LogP contribution in [0.25, 0.3) is 55.8 Å². The molecule has 38 heavy (non-hydrogen) atoms. The van der Waals surface area contributed by atoms with Gasteiger partial charge in [-0.3, -0.25) is 10.1 Å². The van der Waals surface area contributed by atoms with Crippen molar-refractivity contribution in [2.75, 3.05) is 12.0 Å². The average molecular weight is 532 g/mol. The lowest BCUT2D eigenvalue weighted by Crippen LogP contribution is -2.06. The highest BCUT2D eigenvalue weighted by molar-refractivity contribution is 7.90. The summed E-state index contributed by atoms with van der Waals surface area (Å²) in [5.74, 6) is -0.852. The van der Waals surface area contributed by atoms with Gasteiger partial charge in [0.25, 0.3) is 0 Å². The van der Waals surface area contributed by atoms with E-state index in [4.69, 9.17) is 4.98 Å². The third-order valence-corrected chi connectivity index (χ3v) is 7.09. The van der Waals surface area contributed by atoms with Gasteiger partial charge in [-0.1, -0.05) is 18.2 Å². The molecule has 0 unspecified atom stereocenters. The van der Waals surface area contributed by atoms with E-state index in [0.717, 1.165) is 6.26 Å². The van der Waals surface area contributed by atoms with Crippen molar-refractivity contribution in [2.45, 2.75) is 6.42 Å². The molecule has 2 aromatic carbocycles. The zero-order valence-corrected chi connectivity index (χ0v) is 20.7. The number of H-pyrrole nitrogens is 2. The van der Waals surface area contributed by atoms with Crippen LogP contribution in [0.15, 0.2) is 61.3 Å². The first kappa shape index (κ1) is 23.8. The number of aryl methyl sites for hydroxylation is 1. The van der Waals surface area contributed by atoms with Crippen LogP contribution >= 0.6 is 0 Å². The summed E-state index contributed by atoms with van der Waals surface area (Å²) in [7, 11) is -3.20.